The number of likely N-dealkylation sites (tertiary alicyclic amines) is 1. The van der Waals surface area contributed by atoms with Crippen LogP contribution in [0.5, 0.6) is 0 Å². The third kappa shape index (κ3) is 5.68. The van der Waals surface area contributed by atoms with Crippen molar-refractivity contribution in [1.82, 2.24) is 9.80 Å². The Hall–Kier alpha value is -3.12. The first-order valence-electron chi connectivity index (χ1n) is 14.9. The van der Waals surface area contributed by atoms with Crippen LogP contribution in [0.15, 0.2) is 42.5 Å². The number of amides is 2. The number of halogens is 4. The van der Waals surface area contributed by atoms with Gasteiger partial charge in [-0.25, -0.2) is 9.18 Å². The van der Waals surface area contributed by atoms with Crippen LogP contribution < -0.4 is 5.32 Å². The second-order valence-electron chi connectivity index (χ2n) is 12.5. The van der Waals surface area contributed by atoms with Gasteiger partial charge in [-0.05, 0) is 118 Å². The minimum absolute atomic E-state index is 0.0260. The zero-order valence-electron chi connectivity index (χ0n) is 23.1. The van der Waals surface area contributed by atoms with Crippen LogP contribution in [0.25, 0.3) is 0 Å². The van der Waals surface area contributed by atoms with Gasteiger partial charge in [0.1, 0.15) is 5.82 Å². The van der Waals surface area contributed by atoms with Gasteiger partial charge in [-0.2, -0.15) is 18.4 Å². The molecule has 9 heteroatoms. The molecule has 1 saturated heterocycles. The summed E-state index contributed by atoms with van der Waals surface area (Å²) in [5, 5.41) is 12.0. The van der Waals surface area contributed by atoms with Crippen molar-refractivity contribution >= 4 is 11.7 Å². The number of benzene rings is 2. The van der Waals surface area contributed by atoms with E-state index in [0.717, 1.165) is 57.7 Å². The predicted molar refractivity (Wildman–Crippen MR) is 148 cm³/mol. The summed E-state index contributed by atoms with van der Waals surface area (Å²) >= 11 is 0. The summed E-state index contributed by atoms with van der Waals surface area (Å²) in [6, 6.07) is 12.9. The van der Waals surface area contributed by atoms with Crippen molar-refractivity contribution in [2.45, 2.75) is 81.5 Å². The van der Waals surface area contributed by atoms with E-state index in [1.165, 1.54) is 30.9 Å². The molecule has 4 aliphatic rings. The van der Waals surface area contributed by atoms with Crippen molar-refractivity contribution in [2.75, 3.05) is 25.0 Å². The van der Waals surface area contributed by atoms with Crippen molar-refractivity contribution in [3.8, 4) is 6.07 Å². The van der Waals surface area contributed by atoms with Crippen LogP contribution in [0.1, 0.15) is 74.5 Å². The molecule has 6 rings (SSSR count). The van der Waals surface area contributed by atoms with E-state index < -0.39 is 23.6 Å². The Morgan fingerprint density at radius 3 is 2.54 bits per heavy atom. The molecule has 3 atom stereocenters. The average Bonchev–Trinajstić information content (AvgIpc) is 3.67. The molecule has 5 nitrogen and oxygen atoms in total. The molecule has 0 spiro atoms. The molecule has 3 aliphatic carbocycles. The molecule has 0 radical (unpaired) electrons. The number of nitrogens with zero attached hydrogens (tertiary/aromatic N) is 3. The van der Waals surface area contributed by atoms with Crippen LogP contribution in [0.4, 0.5) is 28.0 Å². The van der Waals surface area contributed by atoms with Crippen LogP contribution in [-0.2, 0) is 11.6 Å². The molecule has 1 N–H and O–H groups in total. The van der Waals surface area contributed by atoms with Gasteiger partial charge < -0.3 is 15.1 Å². The SMILES string of the molecule is N#Cc1cccc([C@]23CC[C@@H](N(CC4CCN(C5CCC5)CC4)C(=O)Nc4ccc(F)c(C(F)(F)F)c4)CC2C3)c1. The predicted octanol–water partition coefficient (Wildman–Crippen LogP) is 7.32. The number of nitriles is 1. The molecule has 2 aromatic carbocycles. The molecule has 0 bridgehead atoms. The number of carbonyl (C=O) groups is 1. The monoisotopic (exact) mass is 568 g/mol. The summed E-state index contributed by atoms with van der Waals surface area (Å²) in [7, 11) is 0. The fraction of sp³-hybridized carbons (Fsp3) is 0.562. The summed E-state index contributed by atoms with van der Waals surface area (Å²) in [6.07, 6.45) is 4.49. The number of anilines is 1. The lowest BCUT2D eigenvalue weighted by Crippen LogP contribution is -2.50. The van der Waals surface area contributed by atoms with Crippen LogP contribution >= 0.6 is 0 Å². The lowest BCUT2D eigenvalue weighted by Gasteiger charge is -2.44. The van der Waals surface area contributed by atoms with Crippen LogP contribution in [0.3, 0.4) is 0 Å². The number of rotatable bonds is 6. The normalized spacial score (nSPS) is 26.9. The largest absolute Gasteiger partial charge is 0.419 e. The number of hydrogen-bond acceptors (Lipinski definition) is 3. The summed E-state index contributed by atoms with van der Waals surface area (Å²) in [5.41, 5.74) is 0.434. The molecule has 0 aromatic heterocycles. The van der Waals surface area contributed by atoms with E-state index in [4.69, 9.17) is 0 Å². The van der Waals surface area contributed by atoms with Crippen molar-refractivity contribution in [3.63, 3.8) is 0 Å². The first kappa shape index (κ1) is 28.0. The topological polar surface area (TPSA) is 59.4 Å². The maximum atomic E-state index is 13.9. The molecule has 1 heterocycles. The lowest BCUT2D eigenvalue weighted by molar-refractivity contribution is -0.139. The molecule has 4 fully saturated rings. The number of hydrogen-bond donors (Lipinski definition) is 1. The standard InChI is InChI=1S/C32H36F4N4O/c33-29-8-7-25(17-28(29)32(34,35)36)38-30(41)40(20-21-10-13-39(14-11-21)26-5-2-6-26)27-9-12-31(18-24(31)16-27)23-4-1-3-22(15-23)19-37/h1,3-4,7-8,15,17,21,24,26-27H,2,5-6,9-14,16,18,20H2,(H,38,41)/t24?,27-,31-/m1/s1. The Balaban J connectivity index is 1.18. The second-order valence-corrected chi connectivity index (χ2v) is 12.5. The molecule has 41 heavy (non-hydrogen) atoms. The van der Waals surface area contributed by atoms with Gasteiger partial charge in [0.25, 0.3) is 0 Å². The van der Waals surface area contributed by atoms with Crippen LogP contribution in [-0.4, -0.2) is 47.5 Å². The Morgan fingerprint density at radius 1 is 1.10 bits per heavy atom. The summed E-state index contributed by atoms with van der Waals surface area (Å²) in [4.78, 5) is 18.1. The molecule has 1 unspecified atom stereocenters. The zero-order valence-corrected chi connectivity index (χ0v) is 23.1. The number of nitrogens with one attached hydrogen (secondary N) is 1. The fourth-order valence-corrected chi connectivity index (χ4v) is 7.49. The van der Waals surface area contributed by atoms with E-state index in [0.29, 0.717) is 36.1 Å². The van der Waals surface area contributed by atoms with E-state index in [9.17, 15) is 27.6 Å². The van der Waals surface area contributed by atoms with Gasteiger partial charge in [0.05, 0.1) is 17.2 Å². The third-order valence-electron chi connectivity index (χ3n) is 10.2. The van der Waals surface area contributed by atoms with Gasteiger partial charge >= 0.3 is 12.2 Å². The van der Waals surface area contributed by atoms with Gasteiger partial charge in [-0.1, -0.05) is 18.6 Å². The lowest BCUT2D eigenvalue weighted by atomic mass is 9.79. The molecule has 3 saturated carbocycles. The van der Waals surface area contributed by atoms with Gasteiger partial charge in [0.15, 0.2) is 0 Å². The number of fused-ring (bicyclic) bond motifs is 1. The van der Waals surface area contributed by atoms with E-state index in [-0.39, 0.29) is 17.1 Å². The maximum absolute atomic E-state index is 13.9. The van der Waals surface area contributed by atoms with Crippen molar-refractivity contribution in [2.24, 2.45) is 11.8 Å². The van der Waals surface area contributed by atoms with Crippen molar-refractivity contribution in [3.05, 3.63) is 65.0 Å². The maximum Gasteiger partial charge on any atom is 0.419 e. The van der Waals surface area contributed by atoms with E-state index in [1.807, 2.05) is 23.1 Å². The number of urea groups is 1. The van der Waals surface area contributed by atoms with E-state index in [1.54, 1.807) is 0 Å². The summed E-state index contributed by atoms with van der Waals surface area (Å²) in [6.45, 7) is 2.60. The fourth-order valence-electron chi connectivity index (χ4n) is 7.49. The molecular formula is C32H36F4N4O. The Bertz CT molecular complexity index is 1330. The molecule has 2 aromatic rings. The third-order valence-corrected chi connectivity index (χ3v) is 10.2. The van der Waals surface area contributed by atoms with Gasteiger partial charge in [0, 0.05) is 24.3 Å². The smallest absolute Gasteiger partial charge is 0.321 e. The van der Waals surface area contributed by atoms with Crippen molar-refractivity contribution in [1.29, 1.82) is 5.26 Å². The molecule has 2 amide bonds. The van der Waals surface area contributed by atoms with E-state index in [2.05, 4.69) is 22.4 Å². The highest BCUT2D eigenvalue weighted by molar-refractivity contribution is 5.89. The molecular weight excluding hydrogens is 532 g/mol. The summed E-state index contributed by atoms with van der Waals surface area (Å²) in [5.74, 6) is -0.633. The summed E-state index contributed by atoms with van der Waals surface area (Å²) < 4.78 is 53.9. The first-order valence-corrected chi connectivity index (χ1v) is 14.9. The van der Waals surface area contributed by atoms with Gasteiger partial charge in [-0.15, -0.1) is 0 Å². The number of piperidine rings is 1. The van der Waals surface area contributed by atoms with Gasteiger partial charge in [0.2, 0.25) is 0 Å². The minimum Gasteiger partial charge on any atom is -0.321 e. The quantitative estimate of drug-likeness (QED) is 0.372. The highest BCUT2D eigenvalue weighted by Gasteiger charge is 2.58. The minimum atomic E-state index is -4.85. The number of alkyl halides is 3. The first-order chi connectivity index (χ1) is 19.7. The zero-order chi connectivity index (χ0) is 28.8. The average molecular weight is 569 g/mol. The Labute approximate surface area is 238 Å². The number of carbonyl (C=O) groups excluding carboxylic acids is 1. The molecule has 218 valence electrons. The molecule has 1 aliphatic heterocycles. The van der Waals surface area contributed by atoms with Crippen molar-refractivity contribution < 1.29 is 22.4 Å². The highest BCUT2D eigenvalue weighted by Crippen LogP contribution is 2.63. The highest BCUT2D eigenvalue weighted by atomic mass is 19.4. The van der Waals surface area contributed by atoms with E-state index >= 15 is 0 Å². The second kappa shape index (κ2) is 10.9. The Morgan fingerprint density at radius 2 is 1.88 bits per heavy atom. The van der Waals surface area contributed by atoms with Gasteiger partial charge in [-0.3, -0.25) is 0 Å². The Kier molecular flexibility index (Phi) is 7.48. The van der Waals surface area contributed by atoms with Crippen LogP contribution in [0, 0.1) is 29.0 Å². The van der Waals surface area contributed by atoms with Crippen LogP contribution in [0.2, 0.25) is 0 Å².